The molecule has 0 spiro atoms. The number of anilines is 1. The fourth-order valence-electron chi connectivity index (χ4n) is 4.48. The molecule has 5 heterocycles. The highest BCUT2D eigenvalue weighted by Gasteiger charge is 2.34. The summed E-state index contributed by atoms with van der Waals surface area (Å²) in [5.74, 6) is 1.81. The lowest BCUT2D eigenvalue weighted by molar-refractivity contribution is -0.111. The van der Waals surface area contributed by atoms with Crippen LogP contribution in [-0.4, -0.2) is 49.3 Å². The summed E-state index contributed by atoms with van der Waals surface area (Å²) in [6, 6.07) is 6.44. The first-order valence-electron chi connectivity index (χ1n) is 11.5. The summed E-state index contributed by atoms with van der Waals surface area (Å²) < 4.78 is 15.4. The minimum Gasteiger partial charge on any atom is -0.492 e. The van der Waals surface area contributed by atoms with E-state index in [2.05, 4.69) is 60.3 Å². The van der Waals surface area contributed by atoms with Crippen molar-refractivity contribution in [3.8, 4) is 39.0 Å². The molecule has 2 aliphatic heterocycles. The van der Waals surface area contributed by atoms with Gasteiger partial charge >= 0.3 is 0 Å². The number of nitrogens with zero attached hydrogens (tertiary/aromatic N) is 6. The monoisotopic (exact) mass is 477 g/mol. The third kappa shape index (κ3) is 3.67. The summed E-state index contributed by atoms with van der Waals surface area (Å²) in [5.41, 5.74) is 10.2. The van der Waals surface area contributed by atoms with E-state index in [9.17, 15) is 0 Å². The number of rotatable bonds is 5. The highest BCUT2D eigenvalue weighted by Crippen LogP contribution is 2.42. The van der Waals surface area contributed by atoms with Gasteiger partial charge in [0.2, 0.25) is 5.95 Å². The predicted octanol–water partition coefficient (Wildman–Crippen LogP) is 4.07. The number of benzene rings is 1. The molecule has 0 aliphatic carbocycles. The number of fused-ring (bicyclic) bond motifs is 3. The number of ether oxygens (including phenoxy) is 2. The molecule has 9 nitrogen and oxygen atoms in total. The van der Waals surface area contributed by atoms with Gasteiger partial charge < -0.3 is 15.2 Å². The summed E-state index contributed by atoms with van der Waals surface area (Å²) in [6.45, 7) is 9.37. The third-order valence-corrected chi connectivity index (χ3v) is 7.37. The second-order valence-corrected chi connectivity index (χ2v) is 10.7. The molecule has 176 valence electrons. The zero-order chi connectivity index (χ0) is 23.4. The van der Waals surface area contributed by atoms with E-state index in [0.717, 1.165) is 59.3 Å². The van der Waals surface area contributed by atoms with Crippen LogP contribution in [0.3, 0.4) is 0 Å². The van der Waals surface area contributed by atoms with Crippen molar-refractivity contribution in [3.63, 3.8) is 0 Å². The molecule has 34 heavy (non-hydrogen) atoms. The van der Waals surface area contributed by atoms with Crippen molar-refractivity contribution < 1.29 is 9.47 Å². The van der Waals surface area contributed by atoms with Gasteiger partial charge in [0.25, 0.3) is 0 Å². The molecule has 2 aliphatic rings. The molecule has 0 saturated carbocycles. The molecule has 3 aromatic heterocycles. The fourth-order valence-corrected chi connectivity index (χ4v) is 5.51. The SMILES string of the molecule is CC(C)n1nc(N)nc1-c1nc2c(s1)CCOc1cc(-c3cnn(CC4(C)COC4)c3)ccc1-2. The summed E-state index contributed by atoms with van der Waals surface area (Å²) in [4.78, 5) is 10.6. The lowest BCUT2D eigenvalue weighted by atomic mass is 9.89. The van der Waals surface area contributed by atoms with Crippen LogP contribution in [0, 0.1) is 5.41 Å². The molecule has 0 atom stereocenters. The Hall–Kier alpha value is -3.24. The van der Waals surface area contributed by atoms with E-state index in [0.29, 0.717) is 12.4 Å². The smallest absolute Gasteiger partial charge is 0.240 e. The summed E-state index contributed by atoms with van der Waals surface area (Å²) >= 11 is 1.63. The molecule has 1 fully saturated rings. The molecule has 0 amide bonds. The first kappa shape index (κ1) is 21.3. The summed E-state index contributed by atoms with van der Waals surface area (Å²) in [5, 5.41) is 9.74. The van der Waals surface area contributed by atoms with Gasteiger partial charge in [0.1, 0.15) is 5.75 Å². The van der Waals surface area contributed by atoms with Crippen molar-refractivity contribution in [1.29, 1.82) is 0 Å². The fraction of sp³-hybridized carbons (Fsp3) is 0.417. The van der Waals surface area contributed by atoms with E-state index in [4.69, 9.17) is 20.2 Å². The minimum atomic E-state index is 0.141. The Morgan fingerprint density at radius 3 is 2.82 bits per heavy atom. The van der Waals surface area contributed by atoms with Crippen molar-refractivity contribution in [2.24, 2.45) is 5.41 Å². The molecule has 10 heteroatoms. The van der Waals surface area contributed by atoms with E-state index in [1.54, 1.807) is 11.3 Å². The van der Waals surface area contributed by atoms with Crippen LogP contribution in [0.4, 0.5) is 5.95 Å². The molecular weight excluding hydrogens is 450 g/mol. The molecule has 0 radical (unpaired) electrons. The van der Waals surface area contributed by atoms with Crippen molar-refractivity contribution in [2.45, 2.75) is 39.8 Å². The maximum atomic E-state index is 6.15. The molecule has 0 unspecified atom stereocenters. The Kier molecular flexibility index (Phi) is 4.96. The van der Waals surface area contributed by atoms with Gasteiger partial charge in [-0.15, -0.1) is 16.4 Å². The first-order valence-corrected chi connectivity index (χ1v) is 12.3. The normalized spacial score (nSPS) is 16.5. The zero-order valence-corrected chi connectivity index (χ0v) is 20.3. The number of nitrogen functional groups attached to an aromatic ring is 1. The van der Waals surface area contributed by atoms with Crippen LogP contribution in [0.1, 0.15) is 31.7 Å². The second kappa shape index (κ2) is 7.92. The predicted molar refractivity (Wildman–Crippen MR) is 131 cm³/mol. The van der Waals surface area contributed by atoms with E-state index in [-0.39, 0.29) is 17.4 Å². The van der Waals surface area contributed by atoms with E-state index in [1.165, 1.54) is 4.88 Å². The van der Waals surface area contributed by atoms with Crippen LogP contribution in [0.5, 0.6) is 5.75 Å². The Morgan fingerprint density at radius 1 is 1.21 bits per heavy atom. The molecule has 1 saturated heterocycles. The first-order chi connectivity index (χ1) is 16.4. The number of nitrogens with two attached hydrogens (primary N) is 1. The van der Waals surface area contributed by atoms with E-state index >= 15 is 0 Å². The number of hydrogen-bond donors (Lipinski definition) is 1. The van der Waals surface area contributed by atoms with E-state index in [1.807, 2.05) is 15.6 Å². The van der Waals surface area contributed by atoms with Gasteiger partial charge in [-0.25, -0.2) is 9.67 Å². The standard InChI is InChI=1S/C24H27N7O2S/c1-14(2)31-21(28-23(25)29-31)22-27-20-17-5-4-15(8-18(17)33-7-6-19(20)34-22)16-9-26-30(10-16)11-24(3)12-32-13-24/h4-5,8-10,14H,6-7,11-13H2,1-3H3,(H2,25,29). The molecule has 1 aromatic carbocycles. The van der Waals surface area contributed by atoms with Gasteiger partial charge in [0, 0.05) is 40.1 Å². The average molecular weight is 478 g/mol. The zero-order valence-electron chi connectivity index (χ0n) is 19.5. The Labute approximate surface area is 201 Å². The van der Waals surface area contributed by atoms with Crippen LogP contribution in [0.15, 0.2) is 30.6 Å². The molecular formula is C24H27N7O2S. The Balaban J connectivity index is 1.33. The van der Waals surface area contributed by atoms with Crippen LogP contribution < -0.4 is 10.5 Å². The van der Waals surface area contributed by atoms with Gasteiger partial charge in [-0.1, -0.05) is 13.0 Å². The molecule has 6 rings (SSSR count). The van der Waals surface area contributed by atoms with Crippen LogP contribution in [0.25, 0.3) is 33.2 Å². The summed E-state index contributed by atoms with van der Waals surface area (Å²) in [6.07, 6.45) is 4.80. The van der Waals surface area contributed by atoms with Gasteiger partial charge in [0.05, 0.1) is 38.3 Å². The van der Waals surface area contributed by atoms with Gasteiger partial charge in [-0.05, 0) is 31.5 Å². The highest BCUT2D eigenvalue weighted by molar-refractivity contribution is 7.15. The topological polar surface area (TPSA) is 106 Å². The van der Waals surface area contributed by atoms with Crippen molar-refractivity contribution in [1.82, 2.24) is 29.5 Å². The summed E-state index contributed by atoms with van der Waals surface area (Å²) in [7, 11) is 0. The van der Waals surface area contributed by atoms with E-state index < -0.39 is 0 Å². The maximum Gasteiger partial charge on any atom is 0.240 e. The lowest BCUT2D eigenvalue weighted by Gasteiger charge is -2.37. The number of aromatic nitrogens is 6. The largest absolute Gasteiger partial charge is 0.492 e. The molecule has 4 aromatic rings. The van der Waals surface area contributed by atoms with Crippen molar-refractivity contribution in [3.05, 3.63) is 35.5 Å². The van der Waals surface area contributed by atoms with Crippen LogP contribution in [-0.2, 0) is 17.7 Å². The quantitative estimate of drug-likeness (QED) is 0.462. The van der Waals surface area contributed by atoms with Gasteiger partial charge in [-0.2, -0.15) is 10.1 Å². The van der Waals surface area contributed by atoms with Crippen LogP contribution >= 0.6 is 11.3 Å². The third-order valence-electron chi connectivity index (χ3n) is 6.26. The van der Waals surface area contributed by atoms with Crippen molar-refractivity contribution >= 4 is 17.3 Å². The van der Waals surface area contributed by atoms with Gasteiger partial charge in [0.15, 0.2) is 10.8 Å². The number of thiazole rings is 1. The lowest BCUT2D eigenvalue weighted by Crippen LogP contribution is -2.43. The van der Waals surface area contributed by atoms with Crippen LogP contribution in [0.2, 0.25) is 0 Å². The van der Waals surface area contributed by atoms with Gasteiger partial charge in [-0.3, -0.25) is 4.68 Å². The van der Waals surface area contributed by atoms with Crippen molar-refractivity contribution in [2.75, 3.05) is 25.6 Å². The maximum absolute atomic E-state index is 6.15. The average Bonchev–Trinajstić information content (AvgIpc) is 3.49. The Morgan fingerprint density at radius 2 is 2.06 bits per heavy atom. The molecule has 2 N–H and O–H groups in total. The molecule has 0 bridgehead atoms. The number of hydrogen-bond acceptors (Lipinski definition) is 8. The highest BCUT2D eigenvalue weighted by atomic mass is 32.1. The minimum absolute atomic E-state index is 0.141. The Bertz CT molecular complexity index is 1370. The second-order valence-electron chi connectivity index (χ2n) is 9.66.